The number of carbonyl (C=O) groups is 1. The number of nitrogens with zero attached hydrogens (tertiary/aromatic N) is 5. The van der Waals surface area contributed by atoms with Gasteiger partial charge in [-0.2, -0.15) is 5.10 Å². The Morgan fingerprint density at radius 1 is 1.07 bits per heavy atom. The van der Waals surface area contributed by atoms with E-state index in [0.717, 1.165) is 58.4 Å². The molecule has 1 amide bonds. The number of pyridine rings is 1. The Morgan fingerprint density at radius 2 is 1.79 bits per heavy atom. The van der Waals surface area contributed by atoms with Crippen LogP contribution in [0.4, 0.5) is 0 Å². The highest BCUT2D eigenvalue weighted by atomic mass is 16.5. The smallest absolute Gasteiger partial charge is 0.272 e. The molecule has 0 unspecified atom stereocenters. The summed E-state index contributed by atoms with van der Waals surface area (Å²) in [6.07, 6.45) is 10.0. The van der Waals surface area contributed by atoms with E-state index in [1.807, 2.05) is 30.4 Å². The number of aryl methyl sites for hydroxylation is 1. The summed E-state index contributed by atoms with van der Waals surface area (Å²) in [6, 6.07) is 5.91. The molecule has 0 radical (unpaired) electrons. The summed E-state index contributed by atoms with van der Waals surface area (Å²) < 4.78 is 8.02. The molecule has 2 aliphatic rings. The summed E-state index contributed by atoms with van der Waals surface area (Å²) in [4.78, 5) is 21.2. The first-order valence-electron chi connectivity index (χ1n) is 10.2. The first-order chi connectivity index (χ1) is 13.7. The number of aromatic nitrogens is 3. The quantitative estimate of drug-likeness (QED) is 0.791. The summed E-state index contributed by atoms with van der Waals surface area (Å²) in [5.41, 5.74) is 1.92. The normalized spacial score (nSPS) is 19.8. The molecule has 0 spiro atoms. The second-order valence-electron chi connectivity index (χ2n) is 7.80. The lowest BCUT2D eigenvalue weighted by molar-refractivity contribution is -0.0629. The van der Waals surface area contributed by atoms with Crippen molar-refractivity contribution in [3.05, 3.63) is 48.0 Å². The molecule has 0 aliphatic carbocycles. The molecule has 2 fully saturated rings. The fourth-order valence-electron chi connectivity index (χ4n) is 4.17. The molecule has 0 bridgehead atoms. The molecule has 2 aliphatic heterocycles. The van der Waals surface area contributed by atoms with E-state index in [-0.39, 0.29) is 12.0 Å². The molecule has 4 heterocycles. The van der Waals surface area contributed by atoms with Crippen LogP contribution in [0.2, 0.25) is 0 Å². The van der Waals surface area contributed by atoms with Crippen LogP contribution in [-0.4, -0.2) is 68.9 Å². The third kappa shape index (κ3) is 4.59. The molecule has 2 aromatic rings. The van der Waals surface area contributed by atoms with Gasteiger partial charge in [0.15, 0.2) is 0 Å². The highest BCUT2D eigenvalue weighted by molar-refractivity contribution is 5.92. The second-order valence-corrected chi connectivity index (χ2v) is 7.80. The Balaban J connectivity index is 1.19. The molecule has 28 heavy (non-hydrogen) atoms. The third-order valence-corrected chi connectivity index (χ3v) is 5.82. The molecule has 2 saturated heterocycles. The first kappa shape index (κ1) is 19.1. The average molecular weight is 383 g/mol. The lowest BCUT2D eigenvalue weighted by atomic mass is 10.0. The number of ether oxygens (including phenoxy) is 1. The number of amides is 1. The van der Waals surface area contributed by atoms with Gasteiger partial charge in [-0.05, 0) is 43.4 Å². The van der Waals surface area contributed by atoms with Crippen molar-refractivity contribution in [1.29, 1.82) is 0 Å². The first-order valence-corrected chi connectivity index (χ1v) is 10.2. The summed E-state index contributed by atoms with van der Waals surface area (Å²) in [6.45, 7) is 4.62. The van der Waals surface area contributed by atoms with Crippen LogP contribution in [-0.2, 0) is 18.3 Å². The maximum atomic E-state index is 12.6. The highest BCUT2D eigenvalue weighted by Crippen LogP contribution is 2.22. The molecule has 0 atom stereocenters. The molecule has 150 valence electrons. The van der Waals surface area contributed by atoms with Gasteiger partial charge in [-0.3, -0.25) is 19.4 Å². The van der Waals surface area contributed by atoms with Crippen molar-refractivity contribution in [2.75, 3.05) is 26.2 Å². The fraction of sp³-hybridized carbons (Fsp3) is 0.571. The van der Waals surface area contributed by atoms with Crippen LogP contribution < -0.4 is 0 Å². The van der Waals surface area contributed by atoms with Crippen molar-refractivity contribution in [1.82, 2.24) is 24.6 Å². The molecule has 0 N–H and O–H groups in total. The Hall–Kier alpha value is -2.25. The topological polar surface area (TPSA) is 63.5 Å². The molecule has 2 aromatic heterocycles. The van der Waals surface area contributed by atoms with E-state index in [0.29, 0.717) is 11.8 Å². The minimum absolute atomic E-state index is 0.0714. The van der Waals surface area contributed by atoms with E-state index in [1.165, 1.54) is 5.56 Å². The molecule has 7 heteroatoms. The van der Waals surface area contributed by atoms with Crippen molar-refractivity contribution < 1.29 is 9.53 Å². The van der Waals surface area contributed by atoms with E-state index >= 15 is 0 Å². The third-order valence-electron chi connectivity index (χ3n) is 5.82. The number of carbonyl (C=O) groups excluding carboxylic acids is 1. The zero-order valence-corrected chi connectivity index (χ0v) is 16.5. The molecular weight excluding hydrogens is 354 g/mol. The van der Waals surface area contributed by atoms with Gasteiger partial charge in [0.1, 0.15) is 5.69 Å². The van der Waals surface area contributed by atoms with Gasteiger partial charge in [-0.1, -0.05) is 6.07 Å². The van der Waals surface area contributed by atoms with Gasteiger partial charge in [-0.25, -0.2) is 0 Å². The Bertz CT molecular complexity index is 762. The molecule has 0 aromatic carbocycles. The fourth-order valence-corrected chi connectivity index (χ4v) is 4.17. The predicted octanol–water partition coefficient (Wildman–Crippen LogP) is 2.10. The van der Waals surface area contributed by atoms with Crippen LogP contribution in [0, 0.1) is 0 Å². The van der Waals surface area contributed by atoms with E-state index in [1.54, 1.807) is 16.9 Å². The summed E-state index contributed by atoms with van der Waals surface area (Å²) in [5.74, 6) is 0.0714. The summed E-state index contributed by atoms with van der Waals surface area (Å²) in [5, 5.41) is 4.09. The van der Waals surface area contributed by atoms with E-state index in [9.17, 15) is 4.79 Å². The molecule has 0 saturated carbocycles. The number of hydrogen-bond donors (Lipinski definition) is 0. The highest BCUT2D eigenvalue weighted by Gasteiger charge is 2.28. The minimum Gasteiger partial charge on any atom is -0.375 e. The van der Waals surface area contributed by atoms with Gasteiger partial charge in [0.05, 0.1) is 12.2 Å². The summed E-state index contributed by atoms with van der Waals surface area (Å²) >= 11 is 0. The monoisotopic (exact) mass is 383 g/mol. The van der Waals surface area contributed by atoms with Crippen molar-refractivity contribution in [2.24, 2.45) is 7.05 Å². The molecular formula is C21H29N5O2. The van der Waals surface area contributed by atoms with Crippen LogP contribution in [0.25, 0.3) is 0 Å². The number of rotatable bonds is 5. The van der Waals surface area contributed by atoms with Crippen LogP contribution in [0.15, 0.2) is 36.8 Å². The van der Waals surface area contributed by atoms with Gasteiger partial charge >= 0.3 is 0 Å². The van der Waals surface area contributed by atoms with Gasteiger partial charge < -0.3 is 9.64 Å². The Labute approximate surface area is 166 Å². The van der Waals surface area contributed by atoms with Crippen LogP contribution >= 0.6 is 0 Å². The number of hydrogen-bond acceptors (Lipinski definition) is 5. The Kier molecular flexibility index (Phi) is 6.02. The SMILES string of the molecule is Cn1nccc1C(=O)N1CCC(OC2CCN(Cc3cccnc3)CC2)CC1. The predicted molar refractivity (Wildman–Crippen MR) is 106 cm³/mol. The lowest BCUT2D eigenvalue weighted by Crippen LogP contribution is -2.44. The minimum atomic E-state index is 0.0714. The van der Waals surface area contributed by atoms with Gasteiger partial charge in [0.2, 0.25) is 0 Å². The second kappa shape index (κ2) is 8.84. The largest absolute Gasteiger partial charge is 0.375 e. The zero-order valence-electron chi connectivity index (χ0n) is 16.5. The maximum absolute atomic E-state index is 12.6. The lowest BCUT2D eigenvalue weighted by Gasteiger charge is -2.37. The maximum Gasteiger partial charge on any atom is 0.272 e. The van der Waals surface area contributed by atoms with Crippen molar-refractivity contribution >= 4 is 5.91 Å². The number of piperidine rings is 2. The van der Waals surface area contributed by atoms with Gasteiger partial charge in [0, 0.05) is 58.4 Å². The van der Waals surface area contributed by atoms with E-state index in [2.05, 4.69) is 21.0 Å². The Morgan fingerprint density at radius 3 is 2.39 bits per heavy atom. The van der Waals surface area contributed by atoms with Gasteiger partial charge in [0.25, 0.3) is 5.91 Å². The zero-order chi connectivity index (χ0) is 19.3. The van der Waals surface area contributed by atoms with Crippen molar-refractivity contribution in [2.45, 2.75) is 44.4 Å². The van der Waals surface area contributed by atoms with Crippen LogP contribution in [0.3, 0.4) is 0 Å². The van der Waals surface area contributed by atoms with E-state index in [4.69, 9.17) is 4.74 Å². The van der Waals surface area contributed by atoms with E-state index < -0.39 is 0 Å². The molecule has 7 nitrogen and oxygen atoms in total. The van der Waals surface area contributed by atoms with Gasteiger partial charge in [-0.15, -0.1) is 0 Å². The standard InChI is InChI=1S/C21H29N5O2/c1-24-20(4-10-23-24)21(27)26-13-7-19(8-14-26)28-18-5-11-25(12-6-18)16-17-3-2-9-22-15-17/h2-4,9-10,15,18-19H,5-8,11-14,16H2,1H3. The van der Waals surface area contributed by atoms with Crippen LogP contribution in [0.1, 0.15) is 41.7 Å². The van der Waals surface area contributed by atoms with Crippen molar-refractivity contribution in [3.8, 4) is 0 Å². The summed E-state index contributed by atoms with van der Waals surface area (Å²) in [7, 11) is 1.81. The average Bonchev–Trinajstić information content (AvgIpc) is 3.16. The van der Waals surface area contributed by atoms with Crippen molar-refractivity contribution in [3.63, 3.8) is 0 Å². The number of likely N-dealkylation sites (tertiary alicyclic amines) is 2. The van der Waals surface area contributed by atoms with Crippen LogP contribution in [0.5, 0.6) is 0 Å². The molecule has 4 rings (SSSR count).